The highest BCUT2D eigenvalue weighted by Crippen LogP contribution is 2.47. The number of carbonyl (C=O) groups is 2. The molecule has 0 radical (unpaired) electrons. The monoisotopic (exact) mass is 1530 g/mol. The summed E-state index contributed by atoms with van der Waals surface area (Å²) in [5.74, 6) is -0.576. The fourth-order valence-electron chi connectivity index (χ4n) is 11.6. The van der Waals surface area contributed by atoms with Gasteiger partial charge >= 0.3 is 11.9 Å². The van der Waals surface area contributed by atoms with Crippen molar-refractivity contribution in [3.05, 3.63) is 84.3 Å². The minimum Gasteiger partial charge on any atom is -0.462 e. The van der Waals surface area contributed by atoms with Gasteiger partial charge in [0.1, 0.15) is 48.3 Å². The predicted molar refractivity (Wildman–Crippen MR) is 425 cm³/mol. The van der Waals surface area contributed by atoms with E-state index in [1.54, 1.807) is 55.2 Å². The van der Waals surface area contributed by atoms with Crippen LogP contribution in [-0.4, -0.2) is 182 Å². The number of carbonyl (C=O) groups excluding carboxylic acids is 2. The number of aromatic nitrogens is 2. The van der Waals surface area contributed by atoms with Crippen LogP contribution in [0.2, 0.25) is 72.5 Å². The maximum absolute atomic E-state index is 15.1. The Morgan fingerprint density at radius 2 is 0.788 bits per heavy atom. The number of esters is 2. The number of cyclic esters (lactones) is 2. The minimum atomic E-state index is -2.58. The molecule has 24 heteroatoms. The summed E-state index contributed by atoms with van der Waals surface area (Å²) in [6, 6.07) is 0. The van der Waals surface area contributed by atoms with Crippen LogP contribution in [0, 0.1) is 22.7 Å². The van der Waals surface area contributed by atoms with Gasteiger partial charge in [-0.25, -0.2) is 9.97 Å². The van der Waals surface area contributed by atoms with Crippen molar-refractivity contribution in [3.63, 3.8) is 0 Å². The van der Waals surface area contributed by atoms with E-state index in [4.69, 9.17) is 74.4 Å². The maximum atomic E-state index is 15.1. The van der Waals surface area contributed by atoms with E-state index in [9.17, 15) is 10.2 Å². The largest absolute Gasteiger partial charge is 0.462 e. The van der Waals surface area contributed by atoms with Crippen LogP contribution < -0.4 is 0 Å². The number of methoxy groups -OCH3 is 6. The fourth-order valence-corrected chi connectivity index (χ4v) is 17.2. The molecule has 0 amide bonds. The summed E-state index contributed by atoms with van der Waals surface area (Å²) < 4.78 is 92.3. The molecule has 0 spiro atoms. The first-order valence-corrected chi connectivity index (χ1v) is 49.5. The highest BCUT2D eigenvalue weighted by atomic mass is 28.4. The highest BCUT2D eigenvalue weighted by molar-refractivity contribution is 6.75. The van der Waals surface area contributed by atoms with Crippen LogP contribution in [0.3, 0.4) is 0 Å². The van der Waals surface area contributed by atoms with Crippen molar-refractivity contribution in [2.75, 3.05) is 55.9 Å². The number of nitrogens with zero attached hydrogens (tertiary/aromatic N) is 2. The summed E-state index contributed by atoms with van der Waals surface area (Å²) in [5.41, 5.74) is -0.590. The average molecular weight is 1540 g/mol. The average Bonchev–Trinajstić information content (AvgIpc) is 1.09. The normalized spacial score (nSPS) is 27.1. The topological polar surface area (TPSA) is 237 Å². The molecule has 0 aliphatic carbocycles. The minimum absolute atomic E-state index is 0.0583. The zero-order valence-electron chi connectivity index (χ0n) is 70.7. The van der Waals surface area contributed by atoms with Crippen molar-refractivity contribution in [1.82, 2.24) is 9.97 Å². The van der Waals surface area contributed by atoms with Crippen LogP contribution in [0.1, 0.15) is 211 Å². The zero-order valence-corrected chi connectivity index (χ0v) is 74.7. The number of rotatable bonds is 22. The van der Waals surface area contributed by atoms with Gasteiger partial charge in [-0.2, -0.15) is 0 Å². The maximum Gasteiger partial charge on any atom is 0.308 e. The Hall–Kier alpha value is -3.29. The molecule has 4 bridgehead atoms. The standard InChI is InChI=1S/C80H146N2O18Si4/c1-55(51-83)65(91-23)47-67-79(15,16)69(99-103(29,30)77(9,10)11)49-71-81-61(53-93-71)63(89-21)41-37-34-36-40-58(88-20)44-60(98-102(27,28)76(6,7)8)46-74(86)96-68(48-66(92-24)56(2)52-84)80(17,18)70(100-104(31,32)78(12,13)14)50-72-82-62(54-94-72)64(90-22)42-38-33-35-39-57(87-19)43-59(45-73(85)95-67)97-101(25,26)75(3,4)5/h33-40,53-60,63-70,83-84H,41-52H2,1-32H3/b37-34+,38-33+,39-35+,40-36+/t55-,56-,57-,58-,59-,60-,63-,64-,65-,66-,67-,68-,69-,70-/m0/s1. The lowest BCUT2D eigenvalue weighted by Crippen LogP contribution is -2.53. The molecule has 1 aliphatic rings. The van der Waals surface area contributed by atoms with Crippen LogP contribution in [0.5, 0.6) is 0 Å². The third kappa shape index (κ3) is 28.2. The predicted octanol–water partition coefficient (Wildman–Crippen LogP) is 17.9. The molecule has 0 unspecified atom stereocenters. The summed E-state index contributed by atoms with van der Waals surface area (Å²) in [4.78, 5) is 40.3. The Bertz CT molecular complexity index is 2790. The first-order chi connectivity index (χ1) is 47.8. The summed E-state index contributed by atoms with van der Waals surface area (Å²) >= 11 is 0. The summed E-state index contributed by atoms with van der Waals surface area (Å²) in [6.45, 7) is 55.7. The third-order valence-corrected chi connectivity index (χ3v) is 41.6. The Labute approximate surface area is 633 Å². The molecule has 0 aromatic carbocycles. The Morgan fingerprint density at radius 3 is 1.06 bits per heavy atom. The number of hydrogen-bond donors (Lipinski definition) is 2. The molecule has 20 nitrogen and oxygen atoms in total. The Balaban J connectivity index is 2.40. The van der Waals surface area contributed by atoms with Crippen molar-refractivity contribution in [2.24, 2.45) is 22.7 Å². The van der Waals surface area contributed by atoms with Gasteiger partial charge in [0, 0.05) is 117 Å². The van der Waals surface area contributed by atoms with Crippen molar-refractivity contribution < 1.29 is 84.2 Å². The first-order valence-electron chi connectivity index (χ1n) is 37.9. The van der Waals surface area contributed by atoms with Gasteiger partial charge in [-0.3, -0.25) is 9.59 Å². The van der Waals surface area contributed by atoms with Gasteiger partial charge in [0.2, 0.25) is 0 Å². The molecular weight excluding hydrogens is 1390 g/mol. The van der Waals surface area contributed by atoms with E-state index in [-0.39, 0.29) is 83.7 Å². The second-order valence-electron chi connectivity index (χ2n) is 36.4. The van der Waals surface area contributed by atoms with Crippen LogP contribution in [-0.2, 0) is 78.0 Å². The molecule has 3 rings (SSSR count). The quantitative estimate of drug-likeness (QED) is 0.0823. The van der Waals surface area contributed by atoms with E-state index in [2.05, 4.69) is 163 Å². The van der Waals surface area contributed by atoms with E-state index >= 15 is 9.59 Å². The summed E-state index contributed by atoms with van der Waals surface area (Å²) in [5, 5.41) is 20.3. The fraction of sp³-hybridized carbons (Fsp3) is 0.800. The van der Waals surface area contributed by atoms with Crippen molar-refractivity contribution in [3.8, 4) is 0 Å². The number of aliphatic hydroxyl groups is 2. The van der Waals surface area contributed by atoms with Gasteiger partial charge in [0.15, 0.2) is 45.1 Å². The molecule has 0 saturated heterocycles. The van der Waals surface area contributed by atoms with Crippen molar-refractivity contribution in [2.45, 2.75) is 335 Å². The highest BCUT2D eigenvalue weighted by Gasteiger charge is 2.51. The Kier molecular flexibility index (Phi) is 37.0. The molecule has 600 valence electrons. The number of allylic oxidation sites excluding steroid dienone is 4. The number of oxazole rings is 2. The van der Waals surface area contributed by atoms with Gasteiger partial charge < -0.3 is 74.6 Å². The van der Waals surface area contributed by atoms with E-state index in [0.29, 0.717) is 48.9 Å². The van der Waals surface area contributed by atoms with Gasteiger partial charge in [-0.1, -0.05) is 173 Å². The van der Waals surface area contributed by atoms with Gasteiger partial charge in [0.05, 0.1) is 61.7 Å². The molecule has 104 heavy (non-hydrogen) atoms. The molecule has 2 aromatic heterocycles. The lowest BCUT2D eigenvalue weighted by atomic mass is 9.76. The Morgan fingerprint density at radius 1 is 0.481 bits per heavy atom. The smallest absolute Gasteiger partial charge is 0.308 e. The van der Waals surface area contributed by atoms with Gasteiger partial charge in [-0.15, -0.1) is 0 Å². The third-order valence-electron chi connectivity index (χ3n) is 23.6. The molecule has 2 aromatic rings. The molecule has 14 atom stereocenters. The second-order valence-corrected chi connectivity index (χ2v) is 55.4. The van der Waals surface area contributed by atoms with Crippen LogP contribution >= 0.6 is 0 Å². The van der Waals surface area contributed by atoms with Gasteiger partial charge in [-0.05, 0) is 85.4 Å². The second kappa shape index (κ2) is 40.6. The zero-order chi connectivity index (χ0) is 79.4. The first kappa shape index (κ1) is 94.9. The summed E-state index contributed by atoms with van der Waals surface area (Å²) in [7, 11) is -0.317. The van der Waals surface area contributed by atoms with E-state index in [0.717, 1.165) is 0 Å². The van der Waals surface area contributed by atoms with E-state index < -0.39 is 129 Å². The molecule has 2 N–H and O–H groups in total. The molecule has 1 aliphatic heterocycles. The van der Waals surface area contributed by atoms with Crippen molar-refractivity contribution >= 4 is 45.2 Å². The number of fused-ring (bicyclic) bond motifs is 4. The SMILES string of the molecule is CO[C@H]1C/C=C/C=C/[C@H](OC)C[C@H](O[Si](C)(C)C(C)(C)C)CC(=O)O[C@@H](C[C@H](OC)[C@@H](C)CO)C(C)(C)[C@@H](O[Si](C)(C)C(C)(C)C)Cc2nc(co2)[C@@H](OC)C/C=C/C=C/[C@H](OC)C[C@H](O[Si](C)(C)C(C)(C)C)CC(=O)O[C@@H](C[C@H](OC)[C@@H](C)CO)C(C)(C)[C@@H](O[Si](C)(C)C(C)(C)C)Cc2nc1co2. The lowest BCUT2D eigenvalue weighted by molar-refractivity contribution is -0.168. The number of hydrogen-bond acceptors (Lipinski definition) is 20. The van der Waals surface area contributed by atoms with Gasteiger partial charge in [0.25, 0.3) is 0 Å². The van der Waals surface area contributed by atoms with Crippen LogP contribution in [0.15, 0.2) is 70.0 Å². The molecule has 0 fully saturated rings. The summed E-state index contributed by atoms with van der Waals surface area (Å²) in [6.07, 6.45) is 14.8. The van der Waals surface area contributed by atoms with Crippen molar-refractivity contribution in [1.29, 1.82) is 0 Å². The van der Waals surface area contributed by atoms with E-state index in [1.165, 1.54) is 0 Å². The van der Waals surface area contributed by atoms with Crippen LogP contribution in [0.25, 0.3) is 0 Å². The number of ether oxygens (including phenoxy) is 8. The molecule has 3 heterocycles. The van der Waals surface area contributed by atoms with E-state index in [1.807, 2.05) is 62.5 Å². The molecular formula is C80H146N2O18Si4. The molecule has 0 saturated carbocycles. The number of aliphatic hydroxyl groups excluding tert-OH is 2. The van der Waals surface area contributed by atoms with Crippen LogP contribution in [0.4, 0.5) is 0 Å². The lowest BCUT2D eigenvalue weighted by Gasteiger charge is -2.47.